The molecule has 2 heteroatoms. The summed E-state index contributed by atoms with van der Waals surface area (Å²) in [6.07, 6.45) is 4.19. The molecule has 0 unspecified atom stereocenters. The lowest BCUT2D eigenvalue weighted by molar-refractivity contribution is 0.415. The number of phenols is 1. The minimum absolute atomic E-state index is 0.117. The first-order valence-corrected chi connectivity index (χ1v) is 8.72. The molecule has 0 aromatic heterocycles. The molecule has 0 amide bonds. The van der Waals surface area contributed by atoms with E-state index >= 15 is 0 Å². The van der Waals surface area contributed by atoms with Crippen molar-refractivity contribution < 1.29 is 9.84 Å². The summed E-state index contributed by atoms with van der Waals surface area (Å²) in [6, 6.07) is 12.2. The van der Waals surface area contributed by atoms with Crippen LogP contribution in [0.2, 0.25) is 0 Å². The van der Waals surface area contributed by atoms with Crippen LogP contribution < -0.4 is 4.74 Å². The molecule has 0 fully saturated rings. The van der Waals surface area contributed by atoms with Crippen molar-refractivity contribution >= 4 is 12.2 Å². The summed E-state index contributed by atoms with van der Waals surface area (Å²) in [6.45, 7) is 12.8. The van der Waals surface area contributed by atoms with Crippen LogP contribution in [0.1, 0.15) is 63.8 Å². The van der Waals surface area contributed by atoms with Crippen LogP contribution in [0, 0.1) is 0 Å². The van der Waals surface area contributed by atoms with Gasteiger partial charge in [-0.25, -0.2) is 0 Å². The second-order valence-electron chi connectivity index (χ2n) is 8.57. The van der Waals surface area contributed by atoms with E-state index in [4.69, 9.17) is 4.74 Å². The normalized spacial score (nSPS) is 12.6. The van der Waals surface area contributed by atoms with Gasteiger partial charge < -0.3 is 9.84 Å². The molecular formula is C23H30O2. The zero-order valence-corrected chi connectivity index (χ0v) is 16.5. The lowest BCUT2D eigenvalue weighted by Gasteiger charge is -2.27. The van der Waals surface area contributed by atoms with Gasteiger partial charge in [-0.15, -0.1) is 0 Å². The molecule has 134 valence electrons. The second-order valence-corrected chi connectivity index (χ2v) is 8.57. The molecule has 0 radical (unpaired) electrons. The van der Waals surface area contributed by atoms with Crippen molar-refractivity contribution in [1.82, 2.24) is 0 Å². The topological polar surface area (TPSA) is 29.5 Å². The molecule has 0 aliphatic heterocycles. The first-order valence-electron chi connectivity index (χ1n) is 8.72. The van der Waals surface area contributed by atoms with E-state index in [0.717, 1.165) is 28.0 Å². The van der Waals surface area contributed by atoms with Crippen LogP contribution in [0.4, 0.5) is 0 Å². The fourth-order valence-electron chi connectivity index (χ4n) is 2.80. The highest BCUT2D eigenvalue weighted by Crippen LogP contribution is 2.40. The van der Waals surface area contributed by atoms with Crippen LogP contribution in [0.5, 0.6) is 11.5 Å². The molecule has 0 spiro atoms. The van der Waals surface area contributed by atoms with E-state index < -0.39 is 0 Å². The number of benzene rings is 2. The van der Waals surface area contributed by atoms with Crippen molar-refractivity contribution in [1.29, 1.82) is 0 Å². The van der Waals surface area contributed by atoms with Crippen LogP contribution in [0.3, 0.4) is 0 Å². The van der Waals surface area contributed by atoms with Gasteiger partial charge in [0.25, 0.3) is 0 Å². The minimum Gasteiger partial charge on any atom is -0.507 e. The fraction of sp³-hybridized carbons (Fsp3) is 0.391. The predicted molar refractivity (Wildman–Crippen MR) is 107 cm³/mol. The predicted octanol–water partition coefficient (Wildman–Crippen LogP) is 6.17. The Balaban J connectivity index is 2.47. The highest BCUT2D eigenvalue weighted by Gasteiger charge is 2.26. The van der Waals surface area contributed by atoms with Crippen LogP contribution in [0.15, 0.2) is 36.4 Å². The van der Waals surface area contributed by atoms with Gasteiger partial charge in [0.2, 0.25) is 0 Å². The third-order valence-corrected chi connectivity index (χ3v) is 4.33. The molecule has 1 N–H and O–H groups in total. The third kappa shape index (κ3) is 4.66. The molecule has 0 heterocycles. The van der Waals surface area contributed by atoms with Gasteiger partial charge in [0.1, 0.15) is 11.5 Å². The zero-order valence-electron chi connectivity index (χ0n) is 16.5. The van der Waals surface area contributed by atoms with Gasteiger partial charge in [-0.2, -0.15) is 0 Å². The Morgan fingerprint density at radius 2 is 1.20 bits per heavy atom. The van der Waals surface area contributed by atoms with E-state index in [9.17, 15) is 5.11 Å². The van der Waals surface area contributed by atoms with Crippen LogP contribution >= 0.6 is 0 Å². The Bertz CT molecular complexity index is 719. The van der Waals surface area contributed by atoms with Crippen molar-refractivity contribution in [2.75, 3.05) is 7.11 Å². The number of aromatic hydroxyl groups is 1. The Morgan fingerprint density at radius 1 is 0.760 bits per heavy atom. The Labute approximate surface area is 152 Å². The van der Waals surface area contributed by atoms with Crippen LogP contribution in [-0.2, 0) is 10.8 Å². The average Bonchev–Trinajstić information content (AvgIpc) is 2.52. The number of ether oxygens (including phenoxy) is 1. The van der Waals surface area contributed by atoms with E-state index in [-0.39, 0.29) is 10.8 Å². The van der Waals surface area contributed by atoms with Gasteiger partial charge in [0.15, 0.2) is 0 Å². The van der Waals surface area contributed by atoms with E-state index in [0.29, 0.717) is 5.75 Å². The van der Waals surface area contributed by atoms with Crippen molar-refractivity contribution in [3.8, 4) is 11.5 Å². The Hall–Kier alpha value is -2.22. The summed E-state index contributed by atoms with van der Waals surface area (Å²) in [5.41, 5.74) is 3.94. The van der Waals surface area contributed by atoms with Gasteiger partial charge in [-0.3, -0.25) is 0 Å². The van der Waals surface area contributed by atoms with Crippen molar-refractivity contribution in [2.45, 2.75) is 52.4 Å². The highest BCUT2D eigenvalue weighted by atomic mass is 16.5. The first-order chi connectivity index (χ1) is 11.5. The average molecular weight is 338 g/mol. The molecule has 0 saturated heterocycles. The summed E-state index contributed by atoms with van der Waals surface area (Å²) in [4.78, 5) is 0. The maximum Gasteiger partial charge on any atom is 0.123 e. The molecule has 2 nitrogen and oxygen atoms in total. The summed E-state index contributed by atoms with van der Waals surface area (Å²) < 4.78 is 5.20. The fourth-order valence-corrected chi connectivity index (χ4v) is 2.80. The quantitative estimate of drug-likeness (QED) is 0.678. The summed E-state index contributed by atoms with van der Waals surface area (Å²) in [5.74, 6) is 1.27. The standard InChI is InChI=1S/C23H30O2/c1-22(2,3)19-14-17(15-20(21(19)24)23(4,5)6)9-8-16-10-12-18(25-7)13-11-16/h8-15,24H,1-7H3/b9-8+. The van der Waals surface area contributed by atoms with Gasteiger partial charge in [-0.1, -0.05) is 65.8 Å². The number of hydrogen-bond donors (Lipinski definition) is 1. The number of methoxy groups -OCH3 is 1. The molecule has 2 rings (SSSR count). The van der Waals surface area contributed by atoms with E-state index in [2.05, 4.69) is 65.8 Å². The molecule has 0 saturated carbocycles. The van der Waals surface area contributed by atoms with Gasteiger partial charge in [-0.05, 0) is 46.2 Å². The zero-order chi connectivity index (χ0) is 18.8. The smallest absolute Gasteiger partial charge is 0.123 e. The monoisotopic (exact) mass is 338 g/mol. The molecule has 0 bridgehead atoms. The minimum atomic E-state index is -0.117. The van der Waals surface area contributed by atoms with Gasteiger partial charge >= 0.3 is 0 Å². The SMILES string of the molecule is COc1ccc(/C=C/c2cc(C(C)(C)C)c(O)c(C(C)(C)C)c2)cc1. The maximum absolute atomic E-state index is 10.8. The number of rotatable bonds is 3. The molecule has 25 heavy (non-hydrogen) atoms. The number of hydrogen-bond acceptors (Lipinski definition) is 2. The van der Waals surface area contributed by atoms with E-state index in [1.54, 1.807) is 7.11 Å². The summed E-state index contributed by atoms with van der Waals surface area (Å²) >= 11 is 0. The molecular weight excluding hydrogens is 308 g/mol. The Kier molecular flexibility index (Phi) is 5.31. The molecule has 0 aliphatic rings. The molecule has 2 aromatic rings. The van der Waals surface area contributed by atoms with Gasteiger partial charge in [0, 0.05) is 11.1 Å². The largest absolute Gasteiger partial charge is 0.507 e. The van der Waals surface area contributed by atoms with E-state index in [1.165, 1.54) is 0 Å². The van der Waals surface area contributed by atoms with Gasteiger partial charge in [0.05, 0.1) is 7.11 Å². The van der Waals surface area contributed by atoms with Crippen LogP contribution in [-0.4, -0.2) is 12.2 Å². The summed E-state index contributed by atoms with van der Waals surface area (Å²) in [5, 5.41) is 10.8. The van der Waals surface area contributed by atoms with Crippen molar-refractivity contribution in [2.24, 2.45) is 0 Å². The second kappa shape index (κ2) is 6.95. The highest BCUT2D eigenvalue weighted by molar-refractivity contribution is 5.72. The first kappa shape index (κ1) is 19.1. The summed E-state index contributed by atoms with van der Waals surface area (Å²) in [7, 11) is 1.67. The maximum atomic E-state index is 10.8. The molecule has 0 atom stereocenters. The molecule has 2 aromatic carbocycles. The lowest BCUT2D eigenvalue weighted by Crippen LogP contribution is -2.17. The number of phenolic OH excluding ortho intramolecular Hbond substituents is 1. The Morgan fingerprint density at radius 3 is 1.60 bits per heavy atom. The van der Waals surface area contributed by atoms with Crippen molar-refractivity contribution in [3.05, 3.63) is 58.7 Å². The van der Waals surface area contributed by atoms with Crippen LogP contribution in [0.25, 0.3) is 12.2 Å². The molecule has 0 aliphatic carbocycles. The third-order valence-electron chi connectivity index (χ3n) is 4.33. The lowest BCUT2D eigenvalue weighted by atomic mass is 9.78. The van der Waals surface area contributed by atoms with Crippen molar-refractivity contribution in [3.63, 3.8) is 0 Å². The van der Waals surface area contributed by atoms with E-state index in [1.807, 2.05) is 24.3 Å².